The lowest BCUT2D eigenvalue weighted by Crippen LogP contribution is -2.39. The predicted octanol–water partition coefficient (Wildman–Crippen LogP) is 2.00. The van der Waals surface area contributed by atoms with Crippen molar-refractivity contribution in [1.82, 2.24) is 24.6 Å². The Bertz CT molecular complexity index is 874. The molecule has 1 unspecified atom stereocenters. The number of nitrogens with zero attached hydrogens (tertiary/aromatic N) is 5. The molecule has 0 saturated carbocycles. The van der Waals surface area contributed by atoms with Gasteiger partial charge >= 0.3 is 0 Å². The fourth-order valence-electron chi connectivity index (χ4n) is 3.24. The Kier molecular flexibility index (Phi) is 3.57. The van der Waals surface area contributed by atoms with E-state index < -0.39 is 0 Å². The van der Waals surface area contributed by atoms with E-state index in [0.29, 0.717) is 18.8 Å². The monoisotopic (exact) mass is 319 g/mol. The lowest BCUT2D eigenvalue weighted by Gasteiger charge is -2.34. The van der Waals surface area contributed by atoms with E-state index in [2.05, 4.69) is 27.2 Å². The summed E-state index contributed by atoms with van der Waals surface area (Å²) in [6.45, 7) is 1.19. The van der Waals surface area contributed by atoms with Crippen molar-refractivity contribution in [3.8, 4) is 0 Å². The summed E-state index contributed by atoms with van der Waals surface area (Å²) in [6.07, 6.45) is 8.52. The van der Waals surface area contributed by atoms with E-state index in [1.807, 2.05) is 36.5 Å². The van der Waals surface area contributed by atoms with Crippen molar-refractivity contribution in [2.45, 2.75) is 12.5 Å². The second-order valence-electron chi connectivity index (χ2n) is 5.98. The molecule has 1 amide bonds. The first-order chi connectivity index (χ1) is 11.7. The Morgan fingerprint density at radius 1 is 1.21 bits per heavy atom. The summed E-state index contributed by atoms with van der Waals surface area (Å²) in [6, 6.07) is 8.27. The van der Waals surface area contributed by atoms with Crippen LogP contribution < -0.4 is 0 Å². The normalized spacial score (nSPS) is 16.7. The van der Waals surface area contributed by atoms with E-state index >= 15 is 0 Å². The number of fused-ring (bicyclic) bond motifs is 1. The number of amides is 1. The van der Waals surface area contributed by atoms with Crippen molar-refractivity contribution in [3.63, 3.8) is 0 Å². The molecule has 1 aliphatic rings. The van der Waals surface area contributed by atoms with Gasteiger partial charge in [-0.15, -0.1) is 0 Å². The smallest absolute Gasteiger partial charge is 0.274 e. The molecular weight excluding hydrogens is 302 g/mol. The molecule has 24 heavy (non-hydrogen) atoms. The van der Waals surface area contributed by atoms with Crippen molar-refractivity contribution in [3.05, 3.63) is 77.6 Å². The summed E-state index contributed by atoms with van der Waals surface area (Å²) in [7, 11) is 1.90. The number of aryl methyl sites for hydroxylation is 1. The van der Waals surface area contributed by atoms with E-state index in [9.17, 15) is 4.79 Å². The lowest BCUT2D eigenvalue weighted by atomic mass is 9.86. The molecule has 6 heteroatoms. The zero-order chi connectivity index (χ0) is 16.5. The summed E-state index contributed by atoms with van der Waals surface area (Å²) in [5, 5.41) is 4.28. The summed E-state index contributed by atoms with van der Waals surface area (Å²) >= 11 is 0. The minimum absolute atomic E-state index is 0.0912. The van der Waals surface area contributed by atoms with Gasteiger partial charge in [-0.05, 0) is 16.7 Å². The maximum Gasteiger partial charge on any atom is 0.274 e. The molecule has 4 rings (SSSR count). The van der Waals surface area contributed by atoms with E-state index in [-0.39, 0.29) is 11.8 Å². The van der Waals surface area contributed by atoms with Crippen LogP contribution in [0.3, 0.4) is 0 Å². The van der Waals surface area contributed by atoms with Crippen LogP contribution in [0.5, 0.6) is 0 Å². The van der Waals surface area contributed by atoms with Crippen LogP contribution in [0, 0.1) is 0 Å². The van der Waals surface area contributed by atoms with Crippen molar-refractivity contribution < 1.29 is 4.79 Å². The van der Waals surface area contributed by atoms with Gasteiger partial charge in [-0.3, -0.25) is 14.5 Å². The van der Waals surface area contributed by atoms with Crippen molar-refractivity contribution in [1.29, 1.82) is 0 Å². The molecule has 0 spiro atoms. The van der Waals surface area contributed by atoms with Crippen LogP contribution in [0.15, 0.2) is 55.2 Å². The number of aromatic nitrogens is 4. The molecule has 3 heterocycles. The Balaban J connectivity index is 1.71. The number of hydrogen-bond acceptors (Lipinski definition) is 4. The van der Waals surface area contributed by atoms with Gasteiger partial charge < -0.3 is 4.90 Å². The average molecular weight is 319 g/mol. The van der Waals surface area contributed by atoms with Gasteiger partial charge in [0.25, 0.3) is 5.91 Å². The Hall–Kier alpha value is -3.02. The molecule has 1 aliphatic heterocycles. The largest absolute Gasteiger partial charge is 0.332 e. The first kappa shape index (κ1) is 14.6. The summed E-state index contributed by atoms with van der Waals surface area (Å²) in [5.74, 6) is 0.0239. The van der Waals surface area contributed by atoms with Gasteiger partial charge in [-0.2, -0.15) is 5.10 Å². The molecule has 3 aromatic rings. The maximum absolute atomic E-state index is 12.8. The van der Waals surface area contributed by atoms with Crippen LogP contribution in [0.2, 0.25) is 0 Å². The Morgan fingerprint density at radius 2 is 2.08 bits per heavy atom. The van der Waals surface area contributed by atoms with E-state index in [4.69, 9.17) is 0 Å². The minimum Gasteiger partial charge on any atom is -0.332 e. The molecule has 1 atom stereocenters. The first-order valence-electron chi connectivity index (χ1n) is 7.84. The minimum atomic E-state index is -0.0912. The Morgan fingerprint density at radius 3 is 2.83 bits per heavy atom. The van der Waals surface area contributed by atoms with Crippen molar-refractivity contribution in [2.75, 3.05) is 6.54 Å². The van der Waals surface area contributed by atoms with Gasteiger partial charge in [-0.25, -0.2) is 4.98 Å². The summed E-state index contributed by atoms with van der Waals surface area (Å²) in [5.41, 5.74) is 3.91. The third-order valence-corrected chi connectivity index (χ3v) is 4.39. The second-order valence-corrected chi connectivity index (χ2v) is 5.98. The average Bonchev–Trinajstić information content (AvgIpc) is 3.07. The van der Waals surface area contributed by atoms with E-state index in [1.165, 1.54) is 11.8 Å². The number of carbonyl (C=O) groups is 1. The highest BCUT2D eigenvalue weighted by molar-refractivity contribution is 5.92. The number of benzene rings is 1. The summed E-state index contributed by atoms with van der Waals surface area (Å²) < 4.78 is 1.79. The SMILES string of the molecule is Cn1cc(C2CN(C(=O)c3cnccn3)Cc3ccccc32)cn1. The third-order valence-electron chi connectivity index (χ3n) is 4.39. The van der Waals surface area contributed by atoms with Crippen LogP contribution in [0.4, 0.5) is 0 Å². The molecular formula is C18H17N5O. The molecule has 2 aromatic heterocycles. The summed E-state index contributed by atoms with van der Waals surface area (Å²) in [4.78, 5) is 22.8. The van der Waals surface area contributed by atoms with Crippen LogP contribution in [0.1, 0.15) is 33.1 Å². The van der Waals surface area contributed by atoms with Gasteiger partial charge in [0.2, 0.25) is 0 Å². The molecule has 1 aromatic carbocycles. The predicted molar refractivity (Wildman–Crippen MR) is 88.3 cm³/mol. The fourth-order valence-corrected chi connectivity index (χ4v) is 3.24. The maximum atomic E-state index is 12.8. The molecule has 6 nitrogen and oxygen atoms in total. The van der Waals surface area contributed by atoms with Crippen molar-refractivity contribution in [2.24, 2.45) is 7.05 Å². The highest BCUT2D eigenvalue weighted by atomic mass is 16.2. The van der Waals surface area contributed by atoms with Gasteiger partial charge in [0.05, 0.1) is 12.4 Å². The number of hydrogen-bond donors (Lipinski definition) is 0. The third kappa shape index (κ3) is 2.56. The Labute approximate surface area is 139 Å². The van der Waals surface area contributed by atoms with Crippen molar-refractivity contribution >= 4 is 5.91 Å². The van der Waals surface area contributed by atoms with Crippen LogP contribution in [-0.4, -0.2) is 37.1 Å². The van der Waals surface area contributed by atoms with Crippen LogP contribution >= 0.6 is 0 Å². The van der Waals surface area contributed by atoms with E-state index in [1.54, 1.807) is 17.1 Å². The molecule has 0 aliphatic carbocycles. The molecule has 120 valence electrons. The van der Waals surface area contributed by atoms with Crippen LogP contribution in [-0.2, 0) is 13.6 Å². The molecule has 0 radical (unpaired) electrons. The molecule has 0 N–H and O–H groups in total. The highest BCUT2D eigenvalue weighted by Crippen LogP contribution is 2.33. The second kappa shape index (κ2) is 5.88. The zero-order valence-corrected chi connectivity index (χ0v) is 13.3. The molecule has 0 bridgehead atoms. The van der Waals surface area contributed by atoms with Gasteiger partial charge in [-0.1, -0.05) is 24.3 Å². The van der Waals surface area contributed by atoms with E-state index in [0.717, 1.165) is 11.1 Å². The topological polar surface area (TPSA) is 63.9 Å². The highest BCUT2D eigenvalue weighted by Gasteiger charge is 2.30. The molecule has 0 saturated heterocycles. The quantitative estimate of drug-likeness (QED) is 0.725. The lowest BCUT2D eigenvalue weighted by molar-refractivity contribution is 0.0718. The first-order valence-corrected chi connectivity index (χ1v) is 7.84. The fraction of sp³-hybridized carbons (Fsp3) is 0.222. The van der Waals surface area contributed by atoms with Gasteiger partial charge in [0.15, 0.2) is 0 Å². The van der Waals surface area contributed by atoms with Gasteiger partial charge in [0.1, 0.15) is 5.69 Å². The zero-order valence-electron chi connectivity index (χ0n) is 13.3. The molecule has 0 fully saturated rings. The van der Waals surface area contributed by atoms with Crippen LogP contribution in [0.25, 0.3) is 0 Å². The number of carbonyl (C=O) groups excluding carboxylic acids is 1. The number of rotatable bonds is 2. The van der Waals surface area contributed by atoms with Gasteiger partial charge in [0, 0.05) is 44.6 Å². The standard InChI is InChI=1S/C18H17N5O/c1-22-10-14(8-21-22)16-12-23(11-13-4-2-3-5-15(13)16)18(24)17-9-19-6-7-20-17/h2-10,16H,11-12H2,1H3.